The first kappa shape index (κ1) is 14.2. The van der Waals surface area contributed by atoms with Crippen molar-refractivity contribution in [2.75, 3.05) is 11.4 Å². The van der Waals surface area contributed by atoms with Gasteiger partial charge in [-0.1, -0.05) is 11.6 Å². The number of nitrogens with one attached hydrogen (secondary N) is 1. The van der Waals surface area contributed by atoms with E-state index in [-0.39, 0.29) is 17.5 Å². The molecule has 104 valence electrons. The van der Waals surface area contributed by atoms with E-state index < -0.39 is 0 Å². The summed E-state index contributed by atoms with van der Waals surface area (Å²) in [6, 6.07) is 7.62. The second-order valence-corrected chi connectivity index (χ2v) is 6.50. The van der Waals surface area contributed by atoms with Crippen LogP contribution in [0.4, 0.5) is 5.69 Å². The first-order valence-corrected chi connectivity index (χ1v) is 7.09. The number of anilines is 1. The molecular weight excluding hydrogens is 260 g/mol. The second kappa shape index (κ2) is 5.41. The second-order valence-electron chi connectivity index (χ2n) is 6.07. The van der Waals surface area contributed by atoms with Crippen LogP contribution < -0.4 is 10.2 Å². The molecule has 1 heterocycles. The Bertz CT molecular complexity index is 450. The molecule has 1 saturated heterocycles. The van der Waals surface area contributed by atoms with Crippen LogP contribution in [0.1, 0.15) is 33.6 Å². The van der Waals surface area contributed by atoms with Gasteiger partial charge in [0.15, 0.2) is 0 Å². The van der Waals surface area contributed by atoms with Crippen molar-refractivity contribution in [1.82, 2.24) is 5.32 Å². The smallest absolute Gasteiger partial charge is 0.243 e. The predicted octanol–water partition coefficient (Wildman–Crippen LogP) is 3.22. The summed E-state index contributed by atoms with van der Waals surface area (Å²) >= 11 is 5.91. The summed E-state index contributed by atoms with van der Waals surface area (Å²) in [5.74, 6) is 0.111. The number of carbonyl (C=O) groups excluding carboxylic acids is 1. The number of nitrogens with zero attached hydrogens (tertiary/aromatic N) is 1. The fourth-order valence-corrected chi connectivity index (χ4v) is 2.56. The summed E-state index contributed by atoms with van der Waals surface area (Å²) in [7, 11) is 0. The highest BCUT2D eigenvalue weighted by Crippen LogP contribution is 2.27. The van der Waals surface area contributed by atoms with Crippen molar-refractivity contribution >= 4 is 23.2 Å². The highest BCUT2D eigenvalue weighted by atomic mass is 35.5. The minimum atomic E-state index is -0.189. The van der Waals surface area contributed by atoms with Crippen LogP contribution in [0.5, 0.6) is 0 Å². The van der Waals surface area contributed by atoms with Gasteiger partial charge in [0, 0.05) is 22.8 Å². The average Bonchev–Trinajstić information content (AvgIpc) is 2.76. The monoisotopic (exact) mass is 280 g/mol. The summed E-state index contributed by atoms with van der Waals surface area (Å²) in [5, 5.41) is 3.79. The van der Waals surface area contributed by atoms with Crippen LogP contribution in [-0.4, -0.2) is 24.0 Å². The molecule has 1 aliphatic rings. The number of benzene rings is 1. The van der Waals surface area contributed by atoms with Crippen molar-refractivity contribution in [3.63, 3.8) is 0 Å². The summed E-state index contributed by atoms with van der Waals surface area (Å²) in [4.78, 5) is 14.5. The van der Waals surface area contributed by atoms with E-state index in [1.807, 2.05) is 45.0 Å². The Morgan fingerprint density at radius 1 is 1.32 bits per heavy atom. The van der Waals surface area contributed by atoms with E-state index in [9.17, 15) is 4.79 Å². The maximum Gasteiger partial charge on any atom is 0.243 e. The number of hydrogen-bond donors (Lipinski definition) is 1. The van der Waals surface area contributed by atoms with Crippen LogP contribution in [0.3, 0.4) is 0 Å². The van der Waals surface area contributed by atoms with Gasteiger partial charge in [-0.15, -0.1) is 0 Å². The largest absolute Gasteiger partial charge is 0.360 e. The molecule has 19 heavy (non-hydrogen) atoms. The lowest BCUT2D eigenvalue weighted by molar-refractivity contribution is -0.123. The maximum atomic E-state index is 12.3. The molecule has 0 aliphatic carbocycles. The van der Waals surface area contributed by atoms with Gasteiger partial charge < -0.3 is 10.2 Å². The lowest BCUT2D eigenvalue weighted by Gasteiger charge is -2.29. The van der Waals surface area contributed by atoms with Crippen LogP contribution in [0.25, 0.3) is 0 Å². The SMILES string of the molecule is CC(C)(C)NC(=O)[C@@H]1CCCN1c1ccc(Cl)cc1. The lowest BCUT2D eigenvalue weighted by atomic mass is 10.1. The Labute approximate surface area is 119 Å². The molecule has 1 aromatic carbocycles. The van der Waals surface area contributed by atoms with Crippen LogP contribution in [0.15, 0.2) is 24.3 Å². The lowest BCUT2D eigenvalue weighted by Crippen LogP contribution is -2.50. The van der Waals surface area contributed by atoms with E-state index in [0.29, 0.717) is 0 Å². The van der Waals surface area contributed by atoms with Crippen molar-refractivity contribution in [3.8, 4) is 0 Å². The van der Waals surface area contributed by atoms with E-state index in [2.05, 4.69) is 10.2 Å². The zero-order valence-corrected chi connectivity index (χ0v) is 12.5. The third kappa shape index (κ3) is 3.63. The minimum Gasteiger partial charge on any atom is -0.360 e. The normalized spacial score (nSPS) is 19.6. The molecule has 0 spiro atoms. The zero-order valence-electron chi connectivity index (χ0n) is 11.7. The molecule has 0 radical (unpaired) electrons. The fraction of sp³-hybridized carbons (Fsp3) is 0.533. The summed E-state index contributed by atoms with van der Waals surface area (Å²) in [6.45, 7) is 6.94. The Kier molecular flexibility index (Phi) is 4.04. The maximum absolute atomic E-state index is 12.3. The van der Waals surface area contributed by atoms with Crippen molar-refractivity contribution in [2.45, 2.75) is 45.2 Å². The van der Waals surface area contributed by atoms with Crippen LogP contribution in [0.2, 0.25) is 5.02 Å². The fourth-order valence-electron chi connectivity index (χ4n) is 2.43. The van der Waals surface area contributed by atoms with E-state index in [0.717, 1.165) is 30.1 Å². The first-order chi connectivity index (χ1) is 8.87. The van der Waals surface area contributed by atoms with Crippen LogP contribution >= 0.6 is 11.6 Å². The molecule has 1 amide bonds. The quantitative estimate of drug-likeness (QED) is 0.902. The molecule has 1 N–H and O–H groups in total. The van der Waals surface area contributed by atoms with Gasteiger partial charge in [0.1, 0.15) is 6.04 Å². The number of hydrogen-bond acceptors (Lipinski definition) is 2. The molecular formula is C15H21ClN2O. The Morgan fingerprint density at radius 2 is 1.95 bits per heavy atom. The van der Waals surface area contributed by atoms with Gasteiger partial charge in [0.05, 0.1) is 0 Å². The average molecular weight is 281 g/mol. The van der Waals surface area contributed by atoms with Crippen LogP contribution in [-0.2, 0) is 4.79 Å². The van der Waals surface area contributed by atoms with E-state index >= 15 is 0 Å². The Morgan fingerprint density at radius 3 is 2.53 bits per heavy atom. The molecule has 2 rings (SSSR count). The number of rotatable bonds is 2. The molecule has 0 unspecified atom stereocenters. The van der Waals surface area contributed by atoms with Gasteiger partial charge >= 0.3 is 0 Å². The number of halogens is 1. The molecule has 1 fully saturated rings. The van der Waals surface area contributed by atoms with Crippen molar-refractivity contribution < 1.29 is 4.79 Å². The zero-order chi connectivity index (χ0) is 14.0. The molecule has 0 bridgehead atoms. The first-order valence-electron chi connectivity index (χ1n) is 6.71. The van der Waals surface area contributed by atoms with Crippen molar-refractivity contribution in [3.05, 3.63) is 29.3 Å². The summed E-state index contributed by atoms with van der Waals surface area (Å²) < 4.78 is 0. The standard InChI is InChI=1S/C15H21ClN2O/c1-15(2,3)17-14(19)13-5-4-10-18(13)12-8-6-11(16)7-9-12/h6-9,13H,4-5,10H2,1-3H3,(H,17,19)/t13-/m0/s1. The molecule has 4 heteroatoms. The molecule has 3 nitrogen and oxygen atoms in total. The number of amides is 1. The molecule has 0 aromatic heterocycles. The van der Waals surface area contributed by atoms with Crippen molar-refractivity contribution in [1.29, 1.82) is 0 Å². The van der Waals surface area contributed by atoms with Gasteiger partial charge in [-0.25, -0.2) is 0 Å². The van der Waals surface area contributed by atoms with E-state index in [1.165, 1.54) is 0 Å². The van der Waals surface area contributed by atoms with Gasteiger partial charge in [-0.05, 0) is 57.9 Å². The highest BCUT2D eigenvalue weighted by Gasteiger charge is 2.32. The van der Waals surface area contributed by atoms with Crippen molar-refractivity contribution in [2.24, 2.45) is 0 Å². The van der Waals surface area contributed by atoms with E-state index in [1.54, 1.807) is 0 Å². The highest BCUT2D eigenvalue weighted by molar-refractivity contribution is 6.30. The van der Waals surface area contributed by atoms with Gasteiger partial charge in [-0.3, -0.25) is 4.79 Å². The van der Waals surface area contributed by atoms with Gasteiger partial charge in [-0.2, -0.15) is 0 Å². The van der Waals surface area contributed by atoms with Crippen LogP contribution in [0, 0.1) is 0 Å². The summed E-state index contributed by atoms with van der Waals surface area (Å²) in [5.41, 5.74) is 0.877. The van der Waals surface area contributed by atoms with E-state index in [4.69, 9.17) is 11.6 Å². The van der Waals surface area contributed by atoms with Gasteiger partial charge in [0.2, 0.25) is 5.91 Å². The minimum absolute atomic E-state index is 0.0691. The Hall–Kier alpha value is -1.22. The Balaban J connectivity index is 2.12. The molecule has 1 aromatic rings. The third-order valence-corrected chi connectivity index (χ3v) is 3.46. The topological polar surface area (TPSA) is 32.3 Å². The summed E-state index contributed by atoms with van der Waals surface area (Å²) in [6.07, 6.45) is 1.95. The molecule has 1 aliphatic heterocycles. The third-order valence-electron chi connectivity index (χ3n) is 3.21. The molecule has 1 atom stereocenters. The number of carbonyl (C=O) groups is 1. The molecule has 0 saturated carbocycles. The van der Waals surface area contributed by atoms with Gasteiger partial charge in [0.25, 0.3) is 0 Å². The predicted molar refractivity (Wildman–Crippen MR) is 79.7 cm³/mol.